The standard InChI is InChI=1S/C26H25NO2/c1-2-3-4-9-16-27-24-13-8-7-11-21(24)23-17-19(14-15-25(23)27)20-10-5-6-12-22(20)26(29)18-28/h5-8,10-15,17-18H,2-4,9,16H2,1H3. The zero-order chi connectivity index (χ0) is 20.2. The van der Waals surface area contributed by atoms with Crippen LogP contribution in [0.1, 0.15) is 43.0 Å². The molecule has 3 aromatic carbocycles. The summed E-state index contributed by atoms with van der Waals surface area (Å²) in [5.41, 5.74) is 4.66. The highest BCUT2D eigenvalue weighted by molar-refractivity contribution is 6.35. The van der Waals surface area contributed by atoms with Gasteiger partial charge in [0.2, 0.25) is 5.78 Å². The first kappa shape index (κ1) is 19.1. The van der Waals surface area contributed by atoms with Crippen molar-refractivity contribution >= 4 is 33.9 Å². The van der Waals surface area contributed by atoms with Crippen LogP contribution in [0.15, 0.2) is 66.7 Å². The highest BCUT2D eigenvalue weighted by Gasteiger charge is 2.15. The largest absolute Gasteiger partial charge is 0.340 e. The Bertz CT molecular complexity index is 1190. The number of ketones is 1. The molecule has 4 aromatic rings. The van der Waals surface area contributed by atoms with Gasteiger partial charge in [-0.2, -0.15) is 0 Å². The van der Waals surface area contributed by atoms with Crippen LogP contribution in [-0.2, 0) is 11.3 Å². The van der Waals surface area contributed by atoms with Gasteiger partial charge in [0.15, 0.2) is 6.29 Å². The van der Waals surface area contributed by atoms with Gasteiger partial charge >= 0.3 is 0 Å². The number of Topliss-reactive ketones (excluding diaryl/α,β-unsaturated/α-hetero) is 1. The van der Waals surface area contributed by atoms with Crippen LogP contribution in [0.3, 0.4) is 0 Å². The van der Waals surface area contributed by atoms with Crippen molar-refractivity contribution < 1.29 is 9.59 Å². The number of nitrogens with zero attached hydrogens (tertiary/aromatic N) is 1. The van der Waals surface area contributed by atoms with Crippen molar-refractivity contribution in [2.24, 2.45) is 0 Å². The third-order valence-corrected chi connectivity index (χ3v) is 5.62. The van der Waals surface area contributed by atoms with Crippen LogP contribution in [-0.4, -0.2) is 16.6 Å². The summed E-state index contributed by atoms with van der Waals surface area (Å²) in [7, 11) is 0. The Hall–Kier alpha value is -3.20. The summed E-state index contributed by atoms with van der Waals surface area (Å²) < 4.78 is 2.41. The molecule has 146 valence electrons. The van der Waals surface area contributed by atoms with Crippen LogP contribution < -0.4 is 0 Å². The number of para-hydroxylation sites is 1. The van der Waals surface area contributed by atoms with Gasteiger partial charge in [-0.05, 0) is 35.7 Å². The molecule has 0 unspecified atom stereocenters. The predicted octanol–water partition coefficient (Wildman–Crippen LogP) is 6.42. The maximum atomic E-state index is 12.1. The van der Waals surface area contributed by atoms with Gasteiger partial charge in [-0.1, -0.05) is 74.7 Å². The van der Waals surface area contributed by atoms with Gasteiger partial charge in [-0.3, -0.25) is 9.59 Å². The maximum Gasteiger partial charge on any atom is 0.225 e. The molecule has 0 aliphatic rings. The molecule has 0 aliphatic carbocycles. The second kappa shape index (κ2) is 8.44. The van der Waals surface area contributed by atoms with E-state index >= 15 is 0 Å². The van der Waals surface area contributed by atoms with Crippen LogP contribution in [0, 0.1) is 0 Å². The van der Waals surface area contributed by atoms with E-state index in [-0.39, 0.29) is 0 Å². The monoisotopic (exact) mass is 383 g/mol. The van der Waals surface area contributed by atoms with E-state index in [4.69, 9.17) is 0 Å². The maximum absolute atomic E-state index is 12.1. The quantitative estimate of drug-likeness (QED) is 0.152. The smallest absolute Gasteiger partial charge is 0.225 e. The van der Waals surface area contributed by atoms with Crippen molar-refractivity contribution in [2.45, 2.75) is 39.2 Å². The van der Waals surface area contributed by atoms with Crippen molar-refractivity contribution in [3.63, 3.8) is 0 Å². The number of hydrogen-bond donors (Lipinski definition) is 0. The number of fused-ring (bicyclic) bond motifs is 3. The highest BCUT2D eigenvalue weighted by Crippen LogP contribution is 2.34. The molecule has 0 amide bonds. The summed E-state index contributed by atoms with van der Waals surface area (Å²) in [6, 6.07) is 22.2. The molecule has 29 heavy (non-hydrogen) atoms. The lowest BCUT2D eigenvalue weighted by molar-refractivity contribution is -0.104. The molecular weight excluding hydrogens is 358 g/mol. The Balaban J connectivity index is 1.84. The molecule has 0 radical (unpaired) electrons. The Morgan fingerprint density at radius 1 is 0.862 bits per heavy atom. The first-order valence-electron chi connectivity index (χ1n) is 10.3. The molecule has 0 saturated carbocycles. The van der Waals surface area contributed by atoms with Crippen molar-refractivity contribution in [2.75, 3.05) is 0 Å². The van der Waals surface area contributed by atoms with Crippen LogP contribution in [0.5, 0.6) is 0 Å². The van der Waals surface area contributed by atoms with Gasteiger partial charge < -0.3 is 4.57 Å². The summed E-state index contributed by atoms with van der Waals surface area (Å²) in [5.74, 6) is -0.487. The van der Waals surface area contributed by atoms with Crippen molar-refractivity contribution in [1.82, 2.24) is 4.57 Å². The van der Waals surface area contributed by atoms with Gasteiger partial charge in [0.25, 0.3) is 0 Å². The van der Waals surface area contributed by atoms with Crippen molar-refractivity contribution in [3.05, 3.63) is 72.3 Å². The number of hydrogen-bond acceptors (Lipinski definition) is 2. The van der Waals surface area contributed by atoms with E-state index in [1.54, 1.807) is 12.1 Å². The molecule has 1 aromatic heterocycles. The van der Waals surface area contributed by atoms with Crippen LogP contribution in [0.4, 0.5) is 0 Å². The highest BCUT2D eigenvalue weighted by atomic mass is 16.2. The molecule has 0 spiro atoms. The van der Waals surface area contributed by atoms with Crippen molar-refractivity contribution in [3.8, 4) is 11.1 Å². The lowest BCUT2D eigenvalue weighted by Crippen LogP contribution is -2.02. The number of rotatable bonds is 8. The molecule has 0 saturated heterocycles. The van der Waals surface area contributed by atoms with Gasteiger partial charge in [-0.15, -0.1) is 0 Å². The minimum atomic E-state index is -0.487. The second-order valence-electron chi connectivity index (χ2n) is 7.49. The molecule has 3 heteroatoms. The van der Waals surface area contributed by atoms with Gasteiger partial charge in [0.1, 0.15) is 0 Å². The number of aryl methyl sites for hydroxylation is 1. The second-order valence-corrected chi connectivity index (χ2v) is 7.49. The van der Waals surface area contributed by atoms with E-state index < -0.39 is 5.78 Å². The molecule has 1 heterocycles. The number of unbranched alkanes of at least 4 members (excludes halogenated alkanes) is 3. The van der Waals surface area contributed by atoms with E-state index in [2.05, 4.69) is 54.0 Å². The first-order chi connectivity index (χ1) is 14.2. The Morgan fingerprint density at radius 3 is 2.45 bits per heavy atom. The molecule has 0 aliphatic heterocycles. The predicted molar refractivity (Wildman–Crippen MR) is 119 cm³/mol. The average Bonchev–Trinajstić information content (AvgIpc) is 3.09. The van der Waals surface area contributed by atoms with Gasteiger partial charge in [-0.25, -0.2) is 0 Å². The summed E-state index contributed by atoms with van der Waals surface area (Å²) >= 11 is 0. The zero-order valence-electron chi connectivity index (χ0n) is 16.7. The number of carbonyl (C=O) groups excluding carboxylic acids is 2. The summed E-state index contributed by atoms with van der Waals surface area (Å²) in [4.78, 5) is 23.2. The van der Waals surface area contributed by atoms with Crippen LogP contribution >= 0.6 is 0 Å². The average molecular weight is 383 g/mol. The Kier molecular flexibility index (Phi) is 5.57. The number of aromatic nitrogens is 1. The third-order valence-electron chi connectivity index (χ3n) is 5.62. The molecule has 0 atom stereocenters. The molecule has 4 rings (SSSR count). The minimum Gasteiger partial charge on any atom is -0.340 e. The molecular formula is C26H25NO2. The number of aldehydes is 1. The number of carbonyl (C=O) groups is 2. The van der Waals surface area contributed by atoms with Crippen LogP contribution in [0.25, 0.3) is 32.9 Å². The number of benzene rings is 3. The Labute approximate surface area is 171 Å². The normalized spacial score (nSPS) is 11.2. The molecule has 0 N–H and O–H groups in total. The fourth-order valence-corrected chi connectivity index (χ4v) is 4.17. The lowest BCUT2D eigenvalue weighted by atomic mass is 9.96. The first-order valence-corrected chi connectivity index (χ1v) is 10.3. The van der Waals surface area contributed by atoms with Gasteiger partial charge in [0.05, 0.1) is 0 Å². The van der Waals surface area contributed by atoms with Crippen LogP contribution in [0.2, 0.25) is 0 Å². The summed E-state index contributed by atoms with van der Waals surface area (Å²) in [5, 5.41) is 2.40. The van der Waals surface area contributed by atoms with E-state index in [0.29, 0.717) is 11.8 Å². The van der Waals surface area contributed by atoms with E-state index in [1.165, 1.54) is 47.5 Å². The lowest BCUT2D eigenvalue weighted by Gasteiger charge is -2.09. The fourth-order valence-electron chi connectivity index (χ4n) is 4.17. The SMILES string of the molecule is CCCCCCn1c2ccccc2c2cc(-c3ccccc3C(=O)C=O)ccc21. The Morgan fingerprint density at radius 2 is 1.62 bits per heavy atom. The molecule has 0 fully saturated rings. The molecule has 0 bridgehead atoms. The minimum absolute atomic E-state index is 0.388. The zero-order valence-corrected chi connectivity index (χ0v) is 16.7. The van der Waals surface area contributed by atoms with Gasteiger partial charge in [0, 0.05) is 33.9 Å². The van der Waals surface area contributed by atoms with E-state index in [1.807, 2.05) is 12.1 Å². The van der Waals surface area contributed by atoms with E-state index in [0.717, 1.165) is 17.7 Å². The topological polar surface area (TPSA) is 39.1 Å². The van der Waals surface area contributed by atoms with E-state index in [9.17, 15) is 9.59 Å². The summed E-state index contributed by atoms with van der Waals surface area (Å²) in [6.45, 7) is 3.23. The molecule has 3 nitrogen and oxygen atoms in total. The van der Waals surface area contributed by atoms with Crippen molar-refractivity contribution in [1.29, 1.82) is 0 Å². The summed E-state index contributed by atoms with van der Waals surface area (Å²) in [6.07, 6.45) is 5.29. The third kappa shape index (κ3) is 3.61. The fraction of sp³-hybridized carbons (Fsp3) is 0.231.